The molecule has 94 valence electrons. The zero-order valence-electron chi connectivity index (χ0n) is 8.24. The normalized spacial score (nSPS) is 11.4. The van der Waals surface area contributed by atoms with E-state index in [0.717, 1.165) is 0 Å². The number of anilines is 2. The van der Waals surface area contributed by atoms with Gasteiger partial charge in [0.1, 0.15) is 18.1 Å². The first-order valence-electron chi connectivity index (χ1n) is 4.30. The van der Waals surface area contributed by atoms with E-state index < -0.39 is 41.5 Å². The second-order valence-electron chi connectivity index (χ2n) is 3.19. The van der Waals surface area contributed by atoms with Gasteiger partial charge in [0, 0.05) is 6.07 Å². The molecular weight excluding hydrogens is 247 g/mol. The number of nitrogens with one attached hydrogen (secondary N) is 1. The molecule has 0 aliphatic rings. The lowest BCUT2D eigenvalue weighted by Crippen LogP contribution is -2.21. The molecule has 0 atom stereocenters. The summed E-state index contributed by atoms with van der Waals surface area (Å²) in [5, 5.41) is 1.65. The maximum absolute atomic E-state index is 13.0. The van der Waals surface area contributed by atoms with Crippen molar-refractivity contribution in [3.63, 3.8) is 0 Å². The van der Waals surface area contributed by atoms with Crippen LogP contribution < -0.4 is 11.1 Å². The summed E-state index contributed by atoms with van der Waals surface area (Å²) >= 11 is 0. The molecule has 1 amide bonds. The predicted molar refractivity (Wildman–Crippen MR) is 50.1 cm³/mol. The average molecular weight is 254 g/mol. The molecule has 0 heterocycles. The van der Waals surface area contributed by atoms with E-state index in [1.807, 2.05) is 0 Å². The van der Waals surface area contributed by atoms with Gasteiger partial charge in [-0.05, 0) is 6.07 Å². The van der Waals surface area contributed by atoms with E-state index in [-0.39, 0.29) is 0 Å². The summed E-state index contributed by atoms with van der Waals surface area (Å²) in [6.45, 7) is 0. The molecule has 8 heteroatoms. The summed E-state index contributed by atoms with van der Waals surface area (Å²) in [5.74, 6) is -3.72. The van der Waals surface area contributed by atoms with Gasteiger partial charge < -0.3 is 11.1 Å². The van der Waals surface area contributed by atoms with E-state index in [1.165, 1.54) is 0 Å². The lowest BCUT2D eigenvalue weighted by atomic mass is 10.2. The third-order valence-corrected chi connectivity index (χ3v) is 1.72. The van der Waals surface area contributed by atoms with Crippen LogP contribution in [0.4, 0.5) is 33.3 Å². The first kappa shape index (κ1) is 13.2. The number of alkyl halides is 3. The standard InChI is InChI=1S/C9H7F5N2O/c10-4-1-5(11)7(2-6(4)15)16-8(17)3-9(12,13)14/h1-2H,3,15H2,(H,16,17). The van der Waals surface area contributed by atoms with Crippen LogP contribution in [0.2, 0.25) is 0 Å². The SMILES string of the molecule is Nc1cc(NC(=O)CC(F)(F)F)c(F)cc1F. The summed E-state index contributed by atoms with van der Waals surface area (Å²) < 4.78 is 61.2. The smallest absolute Gasteiger partial charge is 0.396 e. The summed E-state index contributed by atoms with van der Waals surface area (Å²) in [6.07, 6.45) is -6.46. The van der Waals surface area contributed by atoms with Crippen molar-refractivity contribution in [1.29, 1.82) is 0 Å². The molecule has 0 unspecified atom stereocenters. The molecule has 0 spiro atoms. The van der Waals surface area contributed by atoms with Crippen LogP contribution in [0.15, 0.2) is 12.1 Å². The number of carbonyl (C=O) groups excluding carboxylic acids is 1. The molecule has 0 bridgehead atoms. The minimum Gasteiger partial charge on any atom is -0.396 e. The van der Waals surface area contributed by atoms with Gasteiger partial charge in [-0.15, -0.1) is 0 Å². The number of hydrogen-bond acceptors (Lipinski definition) is 2. The van der Waals surface area contributed by atoms with E-state index in [2.05, 4.69) is 0 Å². The van der Waals surface area contributed by atoms with Gasteiger partial charge in [-0.25, -0.2) is 8.78 Å². The van der Waals surface area contributed by atoms with Gasteiger partial charge in [0.05, 0.1) is 11.4 Å². The quantitative estimate of drug-likeness (QED) is 0.629. The van der Waals surface area contributed by atoms with Gasteiger partial charge in [-0.3, -0.25) is 4.79 Å². The third-order valence-electron chi connectivity index (χ3n) is 1.72. The molecule has 1 aromatic carbocycles. The number of hydrogen-bond donors (Lipinski definition) is 2. The Balaban J connectivity index is 2.82. The van der Waals surface area contributed by atoms with Crippen LogP contribution in [0.5, 0.6) is 0 Å². The van der Waals surface area contributed by atoms with Crippen LogP contribution >= 0.6 is 0 Å². The lowest BCUT2D eigenvalue weighted by molar-refractivity contribution is -0.150. The number of benzene rings is 1. The second kappa shape index (κ2) is 4.56. The largest absolute Gasteiger partial charge is 0.397 e. The van der Waals surface area contributed by atoms with Gasteiger partial charge in [0.15, 0.2) is 0 Å². The van der Waals surface area contributed by atoms with E-state index in [1.54, 1.807) is 5.32 Å². The topological polar surface area (TPSA) is 55.1 Å². The van der Waals surface area contributed by atoms with Gasteiger partial charge in [-0.1, -0.05) is 0 Å². The third kappa shape index (κ3) is 3.89. The van der Waals surface area contributed by atoms with Crippen LogP contribution in [-0.2, 0) is 4.79 Å². The minimum atomic E-state index is -4.70. The average Bonchev–Trinajstić information content (AvgIpc) is 2.11. The van der Waals surface area contributed by atoms with Crippen molar-refractivity contribution in [3.8, 4) is 0 Å². The van der Waals surface area contributed by atoms with Crippen LogP contribution in [0.1, 0.15) is 6.42 Å². The highest BCUT2D eigenvalue weighted by Crippen LogP contribution is 2.23. The van der Waals surface area contributed by atoms with Crippen LogP contribution in [0.3, 0.4) is 0 Å². The maximum Gasteiger partial charge on any atom is 0.397 e. The second-order valence-corrected chi connectivity index (χ2v) is 3.19. The Morgan fingerprint density at radius 1 is 1.24 bits per heavy atom. The Hall–Kier alpha value is -1.86. The molecular formula is C9H7F5N2O. The molecule has 0 saturated heterocycles. The van der Waals surface area contributed by atoms with E-state index in [0.29, 0.717) is 12.1 Å². The molecule has 1 aromatic rings. The Labute approximate surface area is 92.4 Å². The summed E-state index contributed by atoms with van der Waals surface area (Å²) in [6, 6.07) is 1.08. The molecule has 3 nitrogen and oxygen atoms in total. The Kier molecular flexibility index (Phi) is 3.54. The number of rotatable bonds is 2. The number of amides is 1. The van der Waals surface area contributed by atoms with E-state index in [4.69, 9.17) is 5.73 Å². The number of nitrogen functional groups attached to an aromatic ring is 1. The van der Waals surface area contributed by atoms with Gasteiger partial charge in [0.2, 0.25) is 5.91 Å². The van der Waals surface area contributed by atoms with Crippen molar-refractivity contribution in [2.24, 2.45) is 0 Å². The molecule has 0 aliphatic carbocycles. The van der Waals surface area contributed by atoms with Crippen LogP contribution in [-0.4, -0.2) is 12.1 Å². The van der Waals surface area contributed by atoms with Crippen LogP contribution in [0.25, 0.3) is 0 Å². The zero-order valence-corrected chi connectivity index (χ0v) is 8.24. The van der Waals surface area contributed by atoms with Crippen molar-refractivity contribution in [2.45, 2.75) is 12.6 Å². The maximum atomic E-state index is 13.0. The Morgan fingerprint density at radius 2 is 1.82 bits per heavy atom. The van der Waals surface area contributed by atoms with Crippen molar-refractivity contribution < 1.29 is 26.7 Å². The fourth-order valence-corrected chi connectivity index (χ4v) is 1.04. The highest BCUT2D eigenvalue weighted by atomic mass is 19.4. The molecule has 17 heavy (non-hydrogen) atoms. The van der Waals surface area contributed by atoms with E-state index >= 15 is 0 Å². The first-order chi connectivity index (χ1) is 7.69. The van der Waals surface area contributed by atoms with Crippen molar-refractivity contribution in [1.82, 2.24) is 0 Å². The summed E-state index contributed by atoms with van der Waals surface area (Å²) in [7, 11) is 0. The molecule has 1 rings (SSSR count). The molecule has 0 aromatic heterocycles. The Bertz CT molecular complexity index is 444. The van der Waals surface area contributed by atoms with Crippen molar-refractivity contribution in [3.05, 3.63) is 23.8 Å². The number of halogens is 5. The highest BCUT2D eigenvalue weighted by Gasteiger charge is 2.31. The molecule has 3 N–H and O–H groups in total. The lowest BCUT2D eigenvalue weighted by Gasteiger charge is -2.09. The Morgan fingerprint density at radius 3 is 2.35 bits per heavy atom. The fourth-order valence-electron chi connectivity index (χ4n) is 1.04. The zero-order chi connectivity index (χ0) is 13.2. The van der Waals surface area contributed by atoms with E-state index in [9.17, 15) is 26.7 Å². The molecule has 0 radical (unpaired) electrons. The van der Waals surface area contributed by atoms with Crippen LogP contribution in [0, 0.1) is 11.6 Å². The van der Waals surface area contributed by atoms with Crippen molar-refractivity contribution >= 4 is 17.3 Å². The highest BCUT2D eigenvalue weighted by molar-refractivity contribution is 5.91. The predicted octanol–water partition coefficient (Wildman–Crippen LogP) is 2.44. The fraction of sp³-hybridized carbons (Fsp3) is 0.222. The van der Waals surface area contributed by atoms with Gasteiger partial charge >= 0.3 is 6.18 Å². The monoisotopic (exact) mass is 254 g/mol. The number of nitrogens with two attached hydrogens (primary N) is 1. The summed E-state index contributed by atoms with van der Waals surface area (Å²) in [4.78, 5) is 10.8. The minimum absolute atomic E-state index is 0.374. The molecule has 0 fully saturated rings. The first-order valence-corrected chi connectivity index (χ1v) is 4.30. The summed E-state index contributed by atoms with van der Waals surface area (Å²) in [5.41, 5.74) is 4.00. The van der Waals surface area contributed by atoms with Gasteiger partial charge in [-0.2, -0.15) is 13.2 Å². The van der Waals surface area contributed by atoms with Crippen molar-refractivity contribution in [2.75, 3.05) is 11.1 Å². The number of carbonyl (C=O) groups is 1. The molecule has 0 saturated carbocycles. The van der Waals surface area contributed by atoms with Gasteiger partial charge in [0.25, 0.3) is 0 Å². The molecule has 0 aliphatic heterocycles.